The van der Waals surface area contributed by atoms with Gasteiger partial charge in [0, 0.05) is 0 Å². The molecule has 0 saturated carbocycles. The molecular weight excluding hydrogens is 310 g/mol. The third kappa shape index (κ3) is 4.97. The first-order valence-corrected chi connectivity index (χ1v) is 5.51. The van der Waals surface area contributed by atoms with Gasteiger partial charge in [0.25, 0.3) is 11.8 Å². The van der Waals surface area contributed by atoms with Crippen molar-refractivity contribution >= 4 is 33.7 Å². The number of nitrogens with one attached hydrogen (secondary N) is 2. The van der Waals surface area contributed by atoms with Gasteiger partial charge in [-0.3, -0.25) is 19.2 Å². The van der Waals surface area contributed by atoms with Crippen molar-refractivity contribution in [3.63, 3.8) is 0 Å². The normalized spacial score (nSPS) is 9.83. The van der Waals surface area contributed by atoms with Crippen molar-refractivity contribution in [3.05, 3.63) is 22.6 Å². The number of carbonyl (C=O) groups excluding carboxylic acids is 3. The number of rotatable bonds is 6. The molecule has 0 aromatic carbocycles. The number of nitrogens with two attached hydrogens (primary N) is 1. The summed E-state index contributed by atoms with van der Waals surface area (Å²) in [6.07, 6.45) is 0. The van der Waals surface area contributed by atoms with E-state index < -0.39 is 24.3 Å². The number of hydrogen-bond donors (Lipinski definition) is 3. The highest BCUT2D eigenvalue weighted by atomic mass is 79.9. The first-order chi connectivity index (χ1) is 8.49. The topological polar surface area (TPSA) is 124 Å². The average Bonchev–Trinajstić information content (AvgIpc) is 2.72. The number of halogens is 1. The summed E-state index contributed by atoms with van der Waals surface area (Å²) >= 11 is 3.04. The Balaban J connectivity index is 2.26. The second kappa shape index (κ2) is 6.77. The molecule has 9 heteroatoms. The van der Waals surface area contributed by atoms with E-state index in [2.05, 4.69) is 26.1 Å². The van der Waals surface area contributed by atoms with Gasteiger partial charge >= 0.3 is 0 Å². The van der Waals surface area contributed by atoms with E-state index in [4.69, 9.17) is 10.2 Å². The lowest BCUT2D eigenvalue weighted by Gasteiger charge is -2.04. The lowest BCUT2D eigenvalue weighted by molar-refractivity contribution is -0.137. The van der Waals surface area contributed by atoms with Gasteiger partial charge in [-0.25, -0.2) is 5.48 Å². The third-order valence-corrected chi connectivity index (χ3v) is 2.03. The Morgan fingerprint density at radius 3 is 2.67 bits per heavy atom. The predicted molar refractivity (Wildman–Crippen MR) is 62.0 cm³/mol. The molecule has 18 heavy (non-hydrogen) atoms. The smallest absolute Gasteiger partial charge is 0.287 e. The summed E-state index contributed by atoms with van der Waals surface area (Å²) in [5, 5.41) is 2.29. The lowest BCUT2D eigenvalue weighted by Crippen LogP contribution is -2.38. The molecule has 8 nitrogen and oxygen atoms in total. The molecule has 0 unspecified atom stereocenters. The minimum atomic E-state index is -0.722. The summed E-state index contributed by atoms with van der Waals surface area (Å²) in [6.45, 7) is -0.763. The van der Waals surface area contributed by atoms with Crippen LogP contribution < -0.4 is 16.5 Å². The Labute approximate surface area is 110 Å². The quantitative estimate of drug-likeness (QED) is 0.598. The van der Waals surface area contributed by atoms with Gasteiger partial charge in [-0.15, -0.1) is 0 Å². The molecule has 0 aliphatic carbocycles. The predicted octanol–water partition coefficient (Wildman–Crippen LogP) is -0.695. The summed E-state index contributed by atoms with van der Waals surface area (Å²) in [4.78, 5) is 37.3. The Morgan fingerprint density at radius 2 is 2.11 bits per heavy atom. The van der Waals surface area contributed by atoms with Crippen molar-refractivity contribution in [2.24, 2.45) is 5.73 Å². The SMILES string of the molecule is NC(=O)CONC(=O)CNC(=O)c1ccc(Br)o1. The van der Waals surface area contributed by atoms with Gasteiger partial charge < -0.3 is 15.5 Å². The van der Waals surface area contributed by atoms with Crippen LogP contribution in [-0.4, -0.2) is 30.9 Å². The molecule has 1 aromatic rings. The molecule has 0 radical (unpaired) electrons. The first kappa shape index (κ1) is 14.2. The number of amides is 3. The van der Waals surface area contributed by atoms with Gasteiger partial charge in [-0.05, 0) is 28.1 Å². The Morgan fingerprint density at radius 1 is 1.39 bits per heavy atom. The number of furan rings is 1. The standard InChI is InChI=1S/C9H10BrN3O5/c10-6-2-1-5(18-6)9(16)12-3-8(15)13-17-4-7(11)14/h1-2H,3-4H2,(H2,11,14)(H,12,16)(H,13,15). The highest BCUT2D eigenvalue weighted by Gasteiger charge is 2.11. The van der Waals surface area contributed by atoms with Crippen LogP contribution in [0.4, 0.5) is 0 Å². The molecule has 0 atom stereocenters. The Bertz CT molecular complexity index is 459. The van der Waals surface area contributed by atoms with Crippen LogP contribution in [-0.2, 0) is 14.4 Å². The van der Waals surface area contributed by atoms with E-state index in [1.807, 2.05) is 5.48 Å². The fourth-order valence-corrected chi connectivity index (χ4v) is 1.21. The van der Waals surface area contributed by atoms with Gasteiger partial charge in [0.2, 0.25) is 5.91 Å². The Hall–Kier alpha value is -1.87. The fraction of sp³-hybridized carbons (Fsp3) is 0.222. The van der Waals surface area contributed by atoms with Gasteiger partial charge in [0.15, 0.2) is 17.0 Å². The molecule has 1 aromatic heterocycles. The maximum absolute atomic E-state index is 11.4. The number of carbonyl (C=O) groups is 3. The second-order valence-electron chi connectivity index (χ2n) is 3.07. The highest BCUT2D eigenvalue weighted by Crippen LogP contribution is 2.13. The molecule has 3 amide bonds. The van der Waals surface area contributed by atoms with Crippen molar-refractivity contribution in [1.29, 1.82) is 0 Å². The van der Waals surface area contributed by atoms with Crippen molar-refractivity contribution in [2.75, 3.05) is 13.2 Å². The molecule has 1 heterocycles. The maximum Gasteiger partial charge on any atom is 0.287 e. The van der Waals surface area contributed by atoms with Crippen LogP contribution in [0.1, 0.15) is 10.6 Å². The van der Waals surface area contributed by atoms with Gasteiger partial charge in [-0.2, -0.15) is 0 Å². The number of primary amides is 1. The molecular formula is C9H10BrN3O5. The molecule has 1 rings (SSSR count). The average molecular weight is 320 g/mol. The van der Waals surface area contributed by atoms with E-state index in [1.54, 1.807) is 6.07 Å². The largest absolute Gasteiger partial charge is 0.444 e. The maximum atomic E-state index is 11.4. The van der Waals surface area contributed by atoms with E-state index in [-0.39, 0.29) is 12.3 Å². The molecule has 0 bridgehead atoms. The third-order valence-electron chi connectivity index (χ3n) is 1.61. The van der Waals surface area contributed by atoms with E-state index >= 15 is 0 Å². The number of hydroxylamine groups is 1. The van der Waals surface area contributed by atoms with Crippen molar-refractivity contribution in [3.8, 4) is 0 Å². The minimum Gasteiger partial charge on any atom is -0.444 e. The van der Waals surface area contributed by atoms with E-state index in [0.717, 1.165) is 0 Å². The molecule has 0 saturated heterocycles. The number of hydrogen-bond acceptors (Lipinski definition) is 5. The summed E-state index contributed by atoms with van der Waals surface area (Å²) in [6, 6.07) is 2.99. The molecule has 4 N–H and O–H groups in total. The van der Waals surface area contributed by atoms with Crippen LogP contribution in [0.3, 0.4) is 0 Å². The van der Waals surface area contributed by atoms with Crippen LogP contribution in [0.5, 0.6) is 0 Å². The molecule has 0 aliphatic rings. The highest BCUT2D eigenvalue weighted by molar-refractivity contribution is 9.10. The first-order valence-electron chi connectivity index (χ1n) is 4.71. The lowest BCUT2D eigenvalue weighted by atomic mass is 10.4. The molecule has 98 valence electrons. The summed E-state index contributed by atoms with van der Waals surface area (Å²) in [5.41, 5.74) is 6.71. The summed E-state index contributed by atoms with van der Waals surface area (Å²) in [5.74, 6) is -1.84. The van der Waals surface area contributed by atoms with Crippen LogP contribution in [0.15, 0.2) is 21.2 Å². The van der Waals surface area contributed by atoms with Gasteiger partial charge in [0.1, 0.15) is 0 Å². The minimum absolute atomic E-state index is 0.0627. The Kier molecular flexibility index (Phi) is 5.33. The van der Waals surface area contributed by atoms with Crippen LogP contribution >= 0.6 is 15.9 Å². The summed E-state index contributed by atoms with van der Waals surface area (Å²) in [7, 11) is 0. The van der Waals surface area contributed by atoms with Crippen molar-refractivity contribution in [1.82, 2.24) is 10.8 Å². The zero-order valence-corrected chi connectivity index (χ0v) is 10.7. The monoisotopic (exact) mass is 319 g/mol. The van der Waals surface area contributed by atoms with Crippen LogP contribution in [0.25, 0.3) is 0 Å². The molecule has 0 aliphatic heterocycles. The van der Waals surface area contributed by atoms with E-state index in [9.17, 15) is 14.4 Å². The van der Waals surface area contributed by atoms with Gasteiger partial charge in [0.05, 0.1) is 6.54 Å². The van der Waals surface area contributed by atoms with Crippen molar-refractivity contribution in [2.45, 2.75) is 0 Å². The van der Waals surface area contributed by atoms with Crippen LogP contribution in [0.2, 0.25) is 0 Å². The van der Waals surface area contributed by atoms with Gasteiger partial charge in [-0.1, -0.05) is 0 Å². The zero-order valence-electron chi connectivity index (χ0n) is 9.07. The molecule has 0 spiro atoms. The van der Waals surface area contributed by atoms with Crippen molar-refractivity contribution < 1.29 is 23.6 Å². The van der Waals surface area contributed by atoms with E-state index in [0.29, 0.717) is 4.67 Å². The second-order valence-corrected chi connectivity index (χ2v) is 3.85. The molecule has 0 fully saturated rings. The fourth-order valence-electron chi connectivity index (χ4n) is 0.908. The van der Waals surface area contributed by atoms with Crippen LogP contribution in [0, 0.1) is 0 Å². The summed E-state index contributed by atoms with van der Waals surface area (Å²) < 4.78 is 5.38. The van der Waals surface area contributed by atoms with E-state index in [1.165, 1.54) is 6.07 Å². The zero-order chi connectivity index (χ0) is 13.5.